The van der Waals surface area contributed by atoms with Gasteiger partial charge in [-0.15, -0.1) is 0 Å². The molecule has 0 aliphatic carbocycles. The molecular weight excluding hydrogens is 180 g/mol. The Morgan fingerprint density at radius 1 is 1.43 bits per heavy atom. The highest BCUT2D eigenvalue weighted by Gasteiger charge is 2.05. The van der Waals surface area contributed by atoms with E-state index >= 15 is 0 Å². The fourth-order valence-corrected chi connectivity index (χ4v) is 0.982. The molecule has 0 spiro atoms. The third kappa shape index (κ3) is 2.36. The number of carbonyl (C=O) groups excluding carboxylic acids is 1. The average Bonchev–Trinajstić information content (AvgIpc) is 2.19. The van der Waals surface area contributed by atoms with Crippen LogP contribution in [-0.2, 0) is 4.79 Å². The normalized spacial score (nSPS) is 10.4. The van der Waals surface area contributed by atoms with Gasteiger partial charge in [-0.1, -0.05) is 35.4 Å². The molecule has 70 valence electrons. The molecule has 0 heterocycles. The van der Waals surface area contributed by atoms with Crippen LogP contribution < -0.4 is 5.73 Å². The van der Waals surface area contributed by atoms with Crippen LogP contribution in [0.25, 0.3) is 16.0 Å². The Morgan fingerprint density at radius 2 is 2.07 bits per heavy atom. The molecule has 14 heavy (non-hydrogen) atoms. The molecule has 5 nitrogen and oxygen atoms in total. The number of rotatable bonds is 3. The lowest BCUT2D eigenvalue weighted by Crippen LogP contribution is -2.12. The summed E-state index contributed by atoms with van der Waals surface area (Å²) in [6.07, 6.45) is 1.11. The number of nitrogens with zero attached hydrogens (tertiary/aromatic N) is 3. The molecule has 0 saturated heterocycles. The molecule has 0 saturated carbocycles. The molecule has 0 fully saturated rings. The number of amides is 1. The Labute approximate surface area is 80.5 Å². The highest BCUT2D eigenvalue weighted by Crippen LogP contribution is 2.13. The Morgan fingerprint density at radius 3 is 2.57 bits per heavy atom. The van der Waals surface area contributed by atoms with Gasteiger partial charge in [0, 0.05) is 16.7 Å². The van der Waals surface area contributed by atoms with Gasteiger partial charge in [0.2, 0.25) is 5.91 Å². The molecule has 1 aromatic rings. The van der Waals surface area contributed by atoms with Crippen LogP contribution in [0.1, 0.15) is 5.56 Å². The monoisotopic (exact) mass is 188 g/mol. The van der Waals surface area contributed by atoms with Crippen molar-refractivity contribution in [2.45, 2.75) is 0 Å². The molecule has 1 amide bonds. The van der Waals surface area contributed by atoms with Crippen molar-refractivity contribution in [3.05, 3.63) is 52.5 Å². The average molecular weight is 188 g/mol. The first kappa shape index (κ1) is 9.83. The summed E-state index contributed by atoms with van der Waals surface area (Å²) in [7, 11) is 0. The predicted octanol–water partition coefficient (Wildman–Crippen LogP) is 1.82. The van der Waals surface area contributed by atoms with E-state index in [9.17, 15) is 4.79 Å². The summed E-state index contributed by atoms with van der Waals surface area (Å²) in [5, 5.41) is 3.19. The predicted molar refractivity (Wildman–Crippen MR) is 52.8 cm³/mol. The van der Waals surface area contributed by atoms with Crippen LogP contribution in [0.4, 0.5) is 0 Å². The molecule has 0 aromatic heterocycles. The molecule has 0 aliphatic heterocycles. The fourth-order valence-electron chi connectivity index (χ4n) is 0.982. The van der Waals surface area contributed by atoms with E-state index in [4.69, 9.17) is 11.3 Å². The van der Waals surface area contributed by atoms with E-state index in [0.29, 0.717) is 5.56 Å². The van der Waals surface area contributed by atoms with Crippen LogP contribution in [-0.4, -0.2) is 5.91 Å². The van der Waals surface area contributed by atoms with E-state index < -0.39 is 5.91 Å². The summed E-state index contributed by atoms with van der Waals surface area (Å²) >= 11 is 0. The summed E-state index contributed by atoms with van der Waals surface area (Å²) in [6.45, 7) is 0. The quantitative estimate of drug-likeness (QED) is 0.333. The second-order valence-electron chi connectivity index (χ2n) is 2.48. The van der Waals surface area contributed by atoms with Crippen molar-refractivity contribution >= 4 is 11.5 Å². The molecule has 0 unspecified atom stereocenters. The lowest BCUT2D eigenvalue weighted by Gasteiger charge is -2.00. The van der Waals surface area contributed by atoms with Crippen molar-refractivity contribution in [1.29, 1.82) is 0 Å². The van der Waals surface area contributed by atoms with Gasteiger partial charge in [-0.05, 0) is 11.1 Å². The smallest absolute Gasteiger partial charge is 0.249 e. The number of nitrogens with two attached hydrogens (primary N) is 1. The van der Waals surface area contributed by atoms with E-state index in [2.05, 4.69) is 10.0 Å². The molecule has 1 rings (SSSR count). The summed E-state index contributed by atoms with van der Waals surface area (Å²) in [5.74, 6) is -0.622. The highest BCUT2D eigenvalue weighted by atomic mass is 16.1. The number of primary amides is 1. The van der Waals surface area contributed by atoms with Crippen LogP contribution in [0, 0.1) is 0 Å². The zero-order valence-corrected chi connectivity index (χ0v) is 7.29. The van der Waals surface area contributed by atoms with Gasteiger partial charge < -0.3 is 5.73 Å². The Kier molecular flexibility index (Phi) is 3.29. The third-order valence-electron chi connectivity index (χ3n) is 1.59. The van der Waals surface area contributed by atoms with E-state index in [-0.39, 0.29) is 5.57 Å². The van der Waals surface area contributed by atoms with Gasteiger partial charge in [0.1, 0.15) is 0 Å². The van der Waals surface area contributed by atoms with Crippen molar-refractivity contribution in [3.63, 3.8) is 0 Å². The minimum atomic E-state index is -0.622. The first-order chi connectivity index (χ1) is 6.75. The Hall–Kier alpha value is -2.26. The van der Waals surface area contributed by atoms with E-state index in [1.807, 2.05) is 6.07 Å². The number of hydrogen-bond donors (Lipinski definition) is 1. The maximum atomic E-state index is 11.0. The van der Waals surface area contributed by atoms with Gasteiger partial charge in [0.05, 0.1) is 0 Å². The number of hydrogen-bond acceptors (Lipinski definition) is 2. The van der Waals surface area contributed by atoms with Gasteiger partial charge in [-0.25, -0.2) is 0 Å². The SMILES string of the molecule is [N-]=[N+]=NC=C(C(N)=O)c1ccccc1. The number of carbonyl (C=O) groups is 1. The van der Waals surface area contributed by atoms with Crippen LogP contribution in [0.5, 0.6) is 0 Å². The molecule has 0 radical (unpaired) electrons. The lowest BCUT2D eigenvalue weighted by molar-refractivity contribution is -0.112. The van der Waals surface area contributed by atoms with Crippen LogP contribution in [0.15, 0.2) is 41.6 Å². The summed E-state index contributed by atoms with van der Waals surface area (Å²) < 4.78 is 0. The van der Waals surface area contributed by atoms with Crippen molar-refractivity contribution < 1.29 is 4.79 Å². The van der Waals surface area contributed by atoms with Crippen LogP contribution >= 0.6 is 0 Å². The van der Waals surface area contributed by atoms with Crippen LogP contribution in [0.2, 0.25) is 0 Å². The molecule has 0 aliphatic rings. The van der Waals surface area contributed by atoms with E-state index in [1.165, 1.54) is 0 Å². The Bertz CT molecular complexity index is 404. The van der Waals surface area contributed by atoms with Crippen molar-refractivity contribution in [2.24, 2.45) is 10.8 Å². The highest BCUT2D eigenvalue weighted by molar-refractivity contribution is 6.18. The standard InChI is InChI=1S/C9H8N4O/c10-9(14)8(6-12-13-11)7-4-2-1-3-5-7/h1-6H,(H2,10,14). The van der Waals surface area contributed by atoms with Gasteiger partial charge in [0.15, 0.2) is 0 Å². The third-order valence-corrected chi connectivity index (χ3v) is 1.59. The summed E-state index contributed by atoms with van der Waals surface area (Å²) in [5.41, 5.74) is 14.1. The second-order valence-corrected chi connectivity index (χ2v) is 2.48. The zero-order chi connectivity index (χ0) is 10.4. The fraction of sp³-hybridized carbons (Fsp3) is 0. The molecule has 2 N–H and O–H groups in total. The topological polar surface area (TPSA) is 91.8 Å². The first-order valence-corrected chi connectivity index (χ1v) is 3.85. The number of azide groups is 1. The van der Waals surface area contributed by atoms with E-state index in [0.717, 1.165) is 6.20 Å². The maximum Gasteiger partial charge on any atom is 0.249 e. The Balaban J connectivity index is 3.13. The molecule has 0 bridgehead atoms. The largest absolute Gasteiger partial charge is 0.366 e. The lowest BCUT2D eigenvalue weighted by atomic mass is 10.1. The zero-order valence-electron chi connectivity index (χ0n) is 7.29. The molecular formula is C9H8N4O. The maximum absolute atomic E-state index is 11.0. The summed E-state index contributed by atoms with van der Waals surface area (Å²) in [4.78, 5) is 13.5. The second kappa shape index (κ2) is 4.69. The van der Waals surface area contributed by atoms with Crippen molar-refractivity contribution in [3.8, 4) is 0 Å². The van der Waals surface area contributed by atoms with Gasteiger partial charge in [-0.3, -0.25) is 4.79 Å². The minimum Gasteiger partial charge on any atom is -0.366 e. The van der Waals surface area contributed by atoms with Crippen LogP contribution in [0.3, 0.4) is 0 Å². The van der Waals surface area contributed by atoms with Gasteiger partial charge in [-0.2, -0.15) is 0 Å². The molecule has 0 atom stereocenters. The van der Waals surface area contributed by atoms with Crippen molar-refractivity contribution in [1.82, 2.24) is 0 Å². The van der Waals surface area contributed by atoms with Crippen molar-refractivity contribution in [2.75, 3.05) is 0 Å². The molecule has 5 heteroatoms. The first-order valence-electron chi connectivity index (χ1n) is 3.85. The number of benzene rings is 1. The van der Waals surface area contributed by atoms with Gasteiger partial charge in [0.25, 0.3) is 0 Å². The summed E-state index contributed by atoms with van der Waals surface area (Å²) in [6, 6.07) is 8.77. The molecule has 1 aromatic carbocycles. The van der Waals surface area contributed by atoms with E-state index in [1.54, 1.807) is 24.3 Å². The van der Waals surface area contributed by atoms with Gasteiger partial charge >= 0.3 is 0 Å². The minimum absolute atomic E-state index is 0.198.